The van der Waals surface area contributed by atoms with Crippen molar-refractivity contribution in [1.29, 1.82) is 0 Å². The van der Waals surface area contributed by atoms with Gasteiger partial charge in [0, 0.05) is 23.6 Å². The van der Waals surface area contributed by atoms with Crippen LogP contribution in [0.2, 0.25) is 0 Å². The molecule has 0 bridgehead atoms. The van der Waals surface area contributed by atoms with Crippen molar-refractivity contribution in [2.75, 3.05) is 25.1 Å². The van der Waals surface area contributed by atoms with Crippen molar-refractivity contribution >= 4 is 9.84 Å². The highest BCUT2D eigenvalue weighted by Crippen LogP contribution is 2.25. The minimum absolute atomic E-state index is 0.0450. The molecule has 1 aliphatic heterocycles. The van der Waals surface area contributed by atoms with Gasteiger partial charge in [-0.1, -0.05) is 12.8 Å². The Hall–Kier alpha value is -0.170. The summed E-state index contributed by atoms with van der Waals surface area (Å²) in [5.74, 6) is 5.97. The largest absolute Gasteiger partial charge is 0.297 e. The van der Waals surface area contributed by atoms with E-state index in [9.17, 15) is 8.42 Å². The topological polar surface area (TPSA) is 75.4 Å². The Bertz CT molecular complexity index is 374. The average molecular weight is 305 g/mol. The quantitative estimate of drug-likeness (QED) is 0.548. The molecule has 1 heterocycles. The average Bonchev–Trinajstić information content (AvgIpc) is 2.62. The van der Waals surface area contributed by atoms with Gasteiger partial charge in [0.1, 0.15) is 9.84 Å². The number of hydrogen-bond acceptors (Lipinski definition) is 5. The lowest BCUT2D eigenvalue weighted by atomic mass is 9.89. The molecule has 20 heavy (non-hydrogen) atoms. The summed E-state index contributed by atoms with van der Waals surface area (Å²) in [6, 6.07) is 0.113. The summed E-state index contributed by atoms with van der Waals surface area (Å²) in [7, 11) is -2.89. The highest BCUT2D eigenvalue weighted by molar-refractivity contribution is 7.90. The summed E-state index contributed by atoms with van der Waals surface area (Å²) >= 11 is 0. The summed E-state index contributed by atoms with van der Waals surface area (Å²) in [6.07, 6.45) is 7.83. The van der Waals surface area contributed by atoms with Gasteiger partial charge in [0.15, 0.2) is 0 Å². The monoisotopic (exact) mass is 305 g/mol. The lowest BCUT2D eigenvalue weighted by Crippen LogP contribution is -2.59. The van der Waals surface area contributed by atoms with Gasteiger partial charge in [0.2, 0.25) is 0 Å². The maximum absolute atomic E-state index is 11.2. The Morgan fingerprint density at radius 3 is 2.20 bits per heavy atom. The van der Waals surface area contributed by atoms with Crippen LogP contribution in [-0.4, -0.2) is 50.0 Å². The summed E-state index contributed by atoms with van der Waals surface area (Å²) in [6.45, 7) is 6.64. The first kappa shape index (κ1) is 17.9. The van der Waals surface area contributed by atoms with E-state index in [1.54, 1.807) is 0 Å². The molecule has 0 radical (unpaired) electrons. The van der Waals surface area contributed by atoms with Crippen molar-refractivity contribution in [2.45, 2.75) is 64.0 Å². The molecule has 0 aromatic rings. The molecule has 0 saturated carbocycles. The zero-order chi connectivity index (χ0) is 15.2. The Morgan fingerprint density at radius 1 is 1.20 bits per heavy atom. The SMILES string of the molecule is CC(C)(C(CCCS(C)(=O)=O)NN)N1CCCCCC1. The number of nitrogens with one attached hydrogen (secondary N) is 1. The third-order valence-corrected chi connectivity index (χ3v) is 5.51. The third-order valence-electron chi connectivity index (χ3n) is 4.48. The summed E-state index contributed by atoms with van der Waals surface area (Å²) in [5.41, 5.74) is 2.86. The second-order valence-electron chi connectivity index (χ2n) is 6.55. The number of hydrazine groups is 1. The molecule has 120 valence electrons. The molecule has 0 aromatic carbocycles. The highest BCUT2D eigenvalue weighted by atomic mass is 32.2. The van der Waals surface area contributed by atoms with E-state index in [0.29, 0.717) is 6.42 Å². The molecular weight excluding hydrogens is 274 g/mol. The van der Waals surface area contributed by atoms with Crippen LogP contribution in [-0.2, 0) is 9.84 Å². The Labute approximate surface area is 124 Å². The van der Waals surface area contributed by atoms with E-state index in [4.69, 9.17) is 5.84 Å². The third kappa shape index (κ3) is 5.68. The molecule has 5 nitrogen and oxygen atoms in total. The van der Waals surface area contributed by atoms with Gasteiger partial charge < -0.3 is 0 Å². The van der Waals surface area contributed by atoms with Crippen LogP contribution in [0.15, 0.2) is 0 Å². The fourth-order valence-electron chi connectivity index (χ4n) is 3.06. The van der Waals surface area contributed by atoms with E-state index in [-0.39, 0.29) is 17.3 Å². The smallest absolute Gasteiger partial charge is 0.147 e. The maximum atomic E-state index is 11.2. The molecule has 1 atom stereocenters. The van der Waals surface area contributed by atoms with Gasteiger partial charge in [-0.3, -0.25) is 16.2 Å². The minimum atomic E-state index is -2.89. The maximum Gasteiger partial charge on any atom is 0.147 e. The van der Waals surface area contributed by atoms with Gasteiger partial charge in [0.05, 0.1) is 0 Å². The predicted molar refractivity (Wildman–Crippen MR) is 84.2 cm³/mol. The highest BCUT2D eigenvalue weighted by Gasteiger charge is 2.34. The molecule has 0 aliphatic carbocycles. The van der Waals surface area contributed by atoms with E-state index in [2.05, 4.69) is 24.2 Å². The number of nitrogens with two attached hydrogens (primary N) is 1. The predicted octanol–water partition coefficient (Wildman–Crippen LogP) is 1.30. The van der Waals surface area contributed by atoms with Gasteiger partial charge >= 0.3 is 0 Å². The summed E-state index contributed by atoms with van der Waals surface area (Å²) < 4.78 is 22.5. The summed E-state index contributed by atoms with van der Waals surface area (Å²) in [5, 5.41) is 0. The van der Waals surface area contributed by atoms with Crippen LogP contribution in [0.4, 0.5) is 0 Å². The fourth-order valence-corrected chi connectivity index (χ4v) is 3.75. The number of hydrogen-bond donors (Lipinski definition) is 2. The molecule has 0 aromatic heterocycles. The minimum Gasteiger partial charge on any atom is -0.297 e. The molecule has 1 unspecified atom stereocenters. The van der Waals surface area contributed by atoms with Crippen molar-refractivity contribution in [3.63, 3.8) is 0 Å². The van der Waals surface area contributed by atoms with E-state index < -0.39 is 9.84 Å². The van der Waals surface area contributed by atoms with Gasteiger partial charge in [-0.05, 0) is 52.6 Å². The van der Waals surface area contributed by atoms with Crippen LogP contribution in [0.5, 0.6) is 0 Å². The lowest BCUT2D eigenvalue weighted by molar-refractivity contribution is 0.0798. The first-order valence-corrected chi connectivity index (χ1v) is 9.72. The van der Waals surface area contributed by atoms with Crippen LogP contribution >= 0.6 is 0 Å². The molecule has 1 aliphatic rings. The molecule has 3 N–H and O–H groups in total. The van der Waals surface area contributed by atoms with Crippen LogP contribution in [0.1, 0.15) is 52.4 Å². The second-order valence-corrected chi connectivity index (χ2v) is 8.81. The Morgan fingerprint density at radius 2 is 1.75 bits per heavy atom. The van der Waals surface area contributed by atoms with Crippen LogP contribution in [0.3, 0.4) is 0 Å². The molecule has 6 heteroatoms. The number of nitrogens with zero attached hydrogens (tertiary/aromatic N) is 1. The van der Waals surface area contributed by atoms with Gasteiger partial charge in [0.25, 0.3) is 0 Å². The van der Waals surface area contributed by atoms with Crippen molar-refractivity contribution in [3.05, 3.63) is 0 Å². The Balaban J connectivity index is 2.60. The van der Waals surface area contributed by atoms with Gasteiger partial charge in [-0.2, -0.15) is 0 Å². The molecular formula is C14H31N3O2S. The second kappa shape index (κ2) is 7.73. The normalized spacial score (nSPS) is 20.6. The van der Waals surface area contributed by atoms with E-state index in [1.807, 2.05) is 0 Å². The van der Waals surface area contributed by atoms with Crippen molar-refractivity contribution < 1.29 is 8.42 Å². The van der Waals surface area contributed by atoms with E-state index in [0.717, 1.165) is 19.5 Å². The first-order valence-electron chi connectivity index (χ1n) is 7.66. The van der Waals surface area contributed by atoms with Gasteiger partial charge in [-0.15, -0.1) is 0 Å². The number of sulfone groups is 1. The van der Waals surface area contributed by atoms with E-state index in [1.165, 1.54) is 31.9 Å². The molecule has 1 saturated heterocycles. The molecule has 0 spiro atoms. The molecule has 1 fully saturated rings. The van der Waals surface area contributed by atoms with Crippen LogP contribution in [0.25, 0.3) is 0 Å². The number of rotatable bonds is 7. The van der Waals surface area contributed by atoms with Crippen molar-refractivity contribution in [1.82, 2.24) is 10.3 Å². The van der Waals surface area contributed by atoms with Crippen LogP contribution < -0.4 is 11.3 Å². The molecule has 1 rings (SSSR count). The van der Waals surface area contributed by atoms with Crippen molar-refractivity contribution in [3.8, 4) is 0 Å². The lowest BCUT2D eigenvalue weighted by Gasteiger charge is -2.43. The summed E-state index contributed by atoms with van der Waals surface area (Å²) in [4.78, 5) is 2.50. The zero-order valence-corrected chi connectivity index (χ0v) is 14.0. The molecule has 0 amide bonds. The van der Waals surface area contributed by atoms with Crippen LogP contribution in [0, 0.1) is 0 Å². The van der Waals surface area contributed by atoms with Crippen molar-refractivity contribution in [2.24, 2.45) is 5.84 Å². The fraction of sp³-hybridized carbons (Fsp3) is 1.00. The van der Waals surface area contributed by atoms with E-state index >= 15 is 0 Å². The van der Waals surface area contributed by atoms with Gasteiger partial charge in [-0.25, -0.2) is 8.42 Å². The Kier molecular flexibility index (Phi) is 6.91. The standard InChI is InChI=1S/C14H31N3O2S/c1-14(2,17-10-6-4-5-7-11-17)13(16-15)9-8-12-20(3,18)19/h13,16H,4-12,15H2,1-3H3. The zero-order valence-electron chi connectivity index (χ0n) is 13.2. The number of likely N-dealkylation sites (tertiary alicyclic amines) is 1. The first-order chi connectivity index (χ1) is 9.27.